The second-order valence-corrected chi connectivity index (χ2v) is 5.02. The standard InChI is InChI=1S/C14H22FN3/c1-17(2)14-11-12(3-4-13(14)15)5-8-18-9-6-16-7-10-18/h3-4,11,16H,5-10H2,1-2H3. The summed E-state index contributed by atoms with van der Waals surface area (Å²) in [7, 11) is 3.75. The quantitative estimate of drug-likeness (QED) is 0.871. The number of anilines is 1. The van der Waals surface area contributed by atoms with E-state index in [1.807, 2.05) is 31.1 Å². The van der Waals surface area contributed by atoms with Gasteiger partial charge in [0.1, 0.15) is 5.82 Å². The lowest BCUT2D eigenvalue weighted by Gasteiger charge is -2.27. The number of halogens is 1. The molecule has 1 aromatic rings. The van der Waals surface area contributed by atoms with Crippen molar-refractivity contribution in [2.75, 3.05) is 51.7 Å². The highest BCUT2D eigenvalue weighted by atomic mass is 19.1. The lowest BCUT2D eigenvalue weighted by molar-refractivity contribution is 0.244. The number of nitrogens with zero attached hydrogens (tertiary/aromatic N) is 2. The molecule has 0 aromatic heterocycles. The van der Waals surface area contributed by atoms with E-state index in [1.165, 1.54) is 5.56 Å². The second kappa shape index (κ2) is 6.16. The smallest absolute Gasteiger partial charge is 0.146 e. The Bertz CT molecular complexity index is 387. The van der Waals surface area contributed by atoms with E-state index in [1.54, 1.807) is 6.07 Å². The second-order valence-electron chi connectivity index (χ2n) is 5.02. The molecular weight excluding hydrogens is 229 g/mol. The normalized spacial score (nSPS) is 16.8. The molecule has 0 aliphatic carbocycles. The molecule has 0 saturated carbocycles. The summed E-state index contributed by atoms with van der Waals surface area (Å²) in [5.41, 5.74) is 1.88. The molecule has 0 atom stereocenters. The molecular formula is C14H22FN3. The molecule has 0 spiro atoms. The van der Waals surface area contributed by atoms with Crippen molar-refractivity contribution in [1.29, 1.82) is 0 Å². The van der Waals surface area contributed by atoms with Crippen molar-refractivity contribution >= 4 is 5.69 Å². The summed E-state index contributed by atoms with van der Waals surface area (Å²) in [6.45, 7) is 5.43. The van der Waals surface area contributed by atoms with Crippen LogP contribution < -0.4 is 10.2 Å². The van der Waals surface area contributed by atoms with E-state index in [-0.39, 0.29) is 5.82 Å². The predicted molar refractivity (Wildman–Crippen MR) is 73.7 cm³/mol. The summed E-state index contributed by atoms with van der Waals surface area (Å²) in [5.74, 6) is -0.147. The van der Waals surface area contributed by atoms with Gasteiger partial charge in [0.15, 0.2) is 0 Å². The van der Waals surface area contributed by atoms with Crippen LogP contribution in [-0.2, 0) is 6.42 Å². The van der Waals surface area contributed by atoms with Gasteiger partial charge in [-0.05, 0) is 24.1 Å². The average molecular weight is 251 g/mol. The first-order valence-electron chi connectivity index (χ1n) is 6.55. The molecule has 3 nitrogen and oxygen atoms in total. The van der Waals surface area contributed by atoms with Crippen molar-refractivity contribution in [3.8, 4) is 0 Å². The molecule has 2 rings (SSSR count). The largest absolute Gasteiger partial charge is 0.375 e. The number of nitrogens with one attached hydrogen (secondary N) is 1. The Morgan fingerprint density at radius 1 is 1.28 bits per heavy atom. The van der Waals surface area contributed by atoms with Crippen LogP contribution in [0, 0.1) is 5.82 Å². The lowest BCUT2D eigenvalue weighted by Crippen LogP contribution is -2.44. The molecule has 1 aromatic carbocycles. The monoisotopic (exact) mass is 251 g/mol. The summed E-state index contributed by atoms with van der Waals surface area (Å²) in [6, 6.07) is 5.42. The van der Waals surface area contributed by atoms with Crippen molar-refractivity contribution in [2.45, 2.75) is 6.42 Å². The maximum atomic E-state index is 13.6. The maximum Gasteiger partial charge on any atom is 0.146 e. The first-order chi connectivity index (χ1) is 8.66. The highest BCUT2D eigenvalue weighted by Gasteiger charge is 2.10. The maximum absolute atomic E-state index is 13.6. The Hall–Kier alpha value is -1.13. The Morgan fingerprint density at radius 3 is 2.67 bits per heavy atom. The van der Waals surface area contributed by atoms with Crippen LogP contribution in [0.5, 0.6) is 0 Å². The highest BCUT2D eigenvalue weighted by Crippen LogP contribution is 2.19. The van der Waals surface area contributed by atoms with E-state index >= 15 is 0 Å². The topological polar surface area (TPSA) is 18.5 Å². The number of piperazine rings is 1. The van der Waals surface area contributed by atoms with Crippen LogP contribution in [0.1, 0.15) is 5.56 Å². The van der Waals surface area contributed by atoms with E-state index in [2.05, 4.69) is 10.2 Å². The van der Waals surface area contributed by atoms with E-state index in [0.29, 0.717) is 5.69 Å². The minimum absolute atomic E-state index is 0.147. The van der Waals surface area contributed by atoms with Crippen LogP contribution in [0.15, 0.2) is 18.2 Å². The summed E-state index contributed by atoms with van der Waals surface area (Å²) >= 11 is 0. The van der Waals surface area contributed by atoms with Gasteiger partial charge in [0.25, 0.3) is 0 Å². The van der Waals surface area contributed by atoms with Gasteiger partial charge in [-0.1, -0.05) is 6.07 Å². The molecule has 1 heterocycles. The molecule has 0 bridgehead atoms. The average Bonchev–Trinajstić information content (AvgIpc) is 2.38. The molecule has 1 aliphatic heterocycles. The molecule has 1 N–H and O–H groups in total. The minimum atomic E-state index is -0.147. The number of benzene rings is 1. The molecule has 0 radical (unpaired) electrons. The SMILES string of the molecule is CN(C)c1cc(CCN2CCNCC2)ccc1F. The number of hydrogen-bond donors (Lipinski definition) is 1. The van der Waals surface area contributed by atoms with Gasteiger partial charge in [0.05, 0.1) is 5.69 Å². The van der Waals surface area contributed by atoms with E-state index in [0.717, 1.165) is 39.1 Å². The Balaban J connectivity index is 1.94. The molecule has 100 valence electrons. The van der Waals surface area contributed by atoms with Crippen molar-refractivity contribution in [1.82, 2.24) is 10.2 Å². The zero-order chi connectivity index (χ0) is 13.0. The van der Waals surface area contributed by atoms with Gasteiger partial charge in [0.2, 0.25) is 0 Å². The summed E-state index contributed by atoms with van der Waals surface area (Å²) in [4.78, 5) is 4.28. The molecule has 1 fully saturated rings. The molecule has 0 amide bonds. The third kappa shape index (κ3) is 3.43. The van der Waals surface area contributed by atoms with E-state index in [9.17, 15) is 4.39 Å². The third-order valence-corrected chi connectivity index (χ3v) is 3.42. The van der Waals surface area contributed by atoms with Crippen LogP contribution in [-0.4, -0.2) is 51.7 Å². The zero-order valence-electron chi connectivity index (χ0n) is 11.2. The Morgan fingerprint density at radius 2 is 2.00 bits per heavy atom. The molecule has 1 saturated heterocycles. The summed E-state index contributed by atoms with van der Waals surface area (Å²) in [5, 5.41) is 3.35. The fourth-order valence-corrected chi connectivity index (χ4v) is 2.28. The van der Waals surface area contributed by atoms with Gasteiger partial charge in [-0.2, -0.15) is 0 Å². The van der Waals surface area contributed by atoms with Crippen LogP contribution in [0.4, 0.5) is 10.1 Å². The van der Waals surface area contributed by atoms with Crippen molar-refractivity contribution in [2.24, 2.45) is 0 Å². The van der Waals surface area contributed by atoms with Crippen LogP contribution in [0.25, 0.3) is 0 Å². The molecule has 18 heavy (non-hydrogen) atoms. The van der Waals surface area contributed by atoms with Gasteiger partial charge < -0.3 is 15.1 Å². The van der Waals surface area contributed by atoms with Crippen molar-refractivity contribution < 1.29 is 4.39 Å². The van der Waals surface area contributed by atoms with Gasteiger partial charge in [-0.15, -0.1) is 0 Å². The number of rotatable bonds is 4. The fourth-order valence-electron chi connectivity index (χ4n) is 2.28. The van der Waals surface area contributed by atoms with Gasteiger partial charge in [-0.25, -0.2) is 4.39 Å². The van der Waals surface area contributed by atoms with E-state index < -0.39 is 0 Å². The molecule has 4 heteroatoms. The first kappa shape index (κ1) is 13.3. The summed E-state index contributed by atoms with van der Waals surface area (Å²) < 4.78 is 13.6. The third-order valence-electron chi connectivity index (χ3n) is 3.42. The fraction of sp³-hybridized carbons (Fsp3) is 0.571. The summed E-state index contributed by atoms with van der Waals surface area (Å²) in [6.07, 6.45) is 0.987. The first-order valence-corrected chi connectivity index (χ1v) is 6.55. The van der Waals surface area contributed by atoms with Crippen LogP contribution in [0.3, 0.4) is 0 Å². The van der Waals surface area contributed by atoms with Crippen molar-refractivity contribution in [3.05, 3.63) is 29.6 Å². The number of hydrogen-bond acceptors (Lipinski definition) is 3. The minimum Gasteiger partial charge on any atom is -0.375 e. The highest BCUT2D eigenvalue weighted by molar-refractivity contribution is 5.48. The van der Waals surface area contributed by atoms with Crippen molar-refractivity contribution in [3.63, 3.8) is 0 Å². The zero-order valence-corrected chi connectivity index (χ0v) is 11.2. The van der Waals surface area contributed by atoms with E-state index in [4.69, 9.17) is 0 Å². The lowest BCUT2D eigenvalue weighted by atomic mass is 10.1. The van der Waals surface area contributed by atoms with Crippen LogP contribution in [0.2, 0.25) is 0 Å². The predicted octanol–water partition coefficient (Wildman–Crippen LogP) is 1.34. The molecule has 1 aliphatic rings. The molecule has 0 unspecified atom stereocenters. The van der Waals surface area contributed by atoms with Gasteiger partial charge >= 0.3 is 0 Å². The van der Waals surface area contributed by atoms with Crippen LogP contribution >= 0.6 is 0 Å². The van der Waals surface area contributed by atoms with Gasteiger partial charge in [0, 0.05) is 46.8 Å². The Labute approximate surface area is 109 Å². The Kier molecular flexibility index (Phi) is 4.55. The van der Waals surface area contributed by atoms with Gasteiger partial charge in [-0.3, -0.25) is 0 Å².